The van der Waals surface area contributed by atoms with Crippen LogP contribution in [-0.4, -0.2) is 37.9 Å². The smallest absolute Gasteiger partial charge is 0.221 e. The van der Waals surface area contributed by atoms with E-state index < -0.39 is 0 Å². The molecule has 0 aliphatic heterocycles. The summed E-state index contributed by atoms with van der Waals surface area (Å²) in [5.41, 5.74) is 1.68. The summed E-state index contributed by atoms with van der Waals surface area (Å²) in [5.74, 6) is 0.369. The predicted octanol–water partition coefficient (Wildman–Crippen LogP) is 2.33. The lowest BCUT2D eigenvalue weighted by atomic mass is 10.2. The number of nitrogens with zero attached hydrogens (tertiary/aromatic N) is 4. The molecule has 0 fully saturated rings. The largest absolute Gasteiger partial charge is 0.336 e. The van der Waals surface area contributed by atoms with Gasteiger partial charge in [-0.3, -0.25) is 5.41 Å². The molecule has 1 heterocycles. The van der Waals surface area contributed by atoms with Crippen LogP contribution in [0.15, 0.2) is 24.3 Å². The fraction of sp³-hybridized carbons (Fsp3) is 0.462. The predicted molar refractivity (Wildman–Crippen MR) is 72.8 cm³/mol. The number of aromatic nitrogens is 3. The first-order valence-corrected chi connectivity index (χ1v) is 6.20. The van der Waals surface area contributed by atoms with Crippen LogP contribution >= 0.6 is 0 Å². The Hall–Kier alpha value is -1.91. The van der Waals surface area contributed by atoms with Gasteiger partial charge in [0, 0.05) is 12.1 Å². The number of rotatable bonds is 2. The van der Waals surface area contributed by atoms with Gasteiger partial charge in [0.15, 0.2) is 0 Å². The van der Waals surface area contributed by atoms with E-state index >= 15 is 0 Å². The van der Waals surface area contributed by atoms with E-state index in [2.05, 4.69) is 38.0 Å². The molecule has 96 valence electrons. The van der Waals surface area contributed by atoms with Gasteiger partial charge in [0.05, 0.1) is 5.52 Å². The van der Waals surface area contributed by atoms with Crippen molar-refractivity contribution in [1.82, 2.24) is 19.9 Å². The Morgan fingerprint density at radius 3 is 2.39 bits per heavy atom. The van der Waals surface area contributed by atoms with E-state index in [0.29, 0.717) is 5.96 Å². The summed E-state index contributed by atoms with van der Waals surface area (Å²) in [7, 11) is 0. The van der Waals surface area contributed by atoms with Gasteiger partial charge in [0.1, 0.15) is 5.52 Å². The third-order valence-corrected chi connectivity index (χ3v) is 2.91. The summed E-state index contributed by atoms with van der Waals surface area (Å²) in [4.78, 5) is 2.02. The van der Waals surface area contributed by atoms with Crippen molar-refractivity contribution >= 4 is 17.0 Å². The van der Waals surface area contributed by atoms with Gasteiger partial charge in [-0.2, -0.15) is 4.68 Å². The minimum Gasteiger partial charge on any atom is -0.336 e. The summed E-state index contributed by atoms with van der Waals surface area (Å²) < 4.78 is 1.59. The Morgan fingerprint density at radius 1 is 1.17 bits per heavy atom. The Balaban J connectivity index is 2.44. The lowest BCUT2D eigenvalue weighted by Gasteiger charge is -2.32. The summed E-state index contributed by atoms with van der Waals surface area (Å²) in [6.07, 6.45) is 0. The molecule has 0 radical (unpaired) electrons. The first-order valence-electron chi connectivity index (χ1n) is 6.20. The van der Waals surface area contributed by atoms with E-state index in [1.165, 1.54) is 0 Å². The standard InChI is InChI=1S/C13H19N5/c1-9(2)17(10(3)4)13(14)18-12-8-6-5-7-11(12)15-16-18/h5-10,14H,1-4H3. The van der Waals surface area contributed by atoms with Gasteiger partial charge in [-0.05, 0) is 39.8 Å². The SMILES string of the molecule is CC(C)N(C(=N)n1nnc2ccccc21)C(C)C. The third kappa shape index (κ3) is 2.08. The van der Waals surface area contributed by atoms with Crippen molar-refractivity contribution < 1.29 is 0 Å². The topological polar surface area (TPSA) is 57.8 Å². The molecular weight excluding hydrogens is 226 g/mol. The molecule has 0 aliphatic carbocycles. The van der Waals surface area contributed by atoms with Crippen LogP contribution in [0.2, 0.25) is 0 Å². The van der Waals surface area contributed by atoms with Crippen LogP contribution in [-0.2, 0) is 0 Å². The molecule has 2 aromatic rings. The zero-order chi connectivity index (χ0) is 13.3. The number of nitrogens with one attached hydrogen (secondary N) is 1. The molecule has 0 bridgehead atoms. The van der Waals surface area contributed by atoms with Crippen LogP contribution in [0.25, 0.3) is 11.0 Å². The van der Waals surface area contributed by atoms with Gasteiger partial charge in [0.25, 0.3) is 0 Å². The third-order valence-electron chi connectivity index (χ3n) is 2.91. The van der Waals surface area contributed by atoms with Crippen LogP contribution in [0.1, 0.15) is 27.7 Å². The fourth-order valence-corrected chi connectivity index (χ4v) is 2.22. The highest BCUT2D eigenvalue weighted by Crippen LogP contribution is 2.13. The number of benzene rings is 1. The summed E-state index contributed by atoms with van der Waals surface area (Å²) in [6, 6.07) is 8.20. The highest BCUT2D eigenvalue weighted by molar-refractivity contribution is 5.89. The van der Waals surface area contributed by atoms with Crippen LogP contribution in [0, 0.1) is 5.41 Å². The van der Waals surface area contributed by atoms with Gasteiger partial charge in [-0.25, -0.2) is 0 Å². The molecule has 0 saturated heterocycles. The zero-order valence-corrected chi connectivity index (χ0v) is 11.3. The molecule has 0 atom stereocenters. The number of fused-ring (bicyclic) bond motifs is 1. The molecule has 1 aromatic heterocycles. The maximum Gasteiger partial charge on any atom is 0.221 e. The molecule has 0 spiro atoms. The van der Waals surface area contributed by atoms with E-state index in [4.69, 9.17) is 5.41 Å². The monoisotopic (exact) mass is 245 g/mol. The normalized spacial score (nSPS) is 11.4. The van der Waals surface area contributed by atoms with Crippen molar-refractivity contribution in [2.75, 3.05) is 0 Å². The van der Waals surface area contributed by atoms with Crippen molar-refractivity contribution in [1.29, 1.82) is 5.41 Å². The average Bonchev–Trinajstić information content (AvgIpc) is 2.71. The fourth-order valence-electron chi connectivity index (χ4n) is 2.22. The van der Waals surface area contributed by atoms with E-state index in [0.717, 1.165) is 11.0 Å². The first kappa shape index (κ1) is 12.5. The van der Waals surface area contributed by atoms with Crippen molar-refractivity contribution in [3.63, 3.8) is 0 Å². The number of para-hydroxylation sites is 1. The summed E-state index contributed by atoms with van der Waals surface area (Å²) in [6.45, 7) is 8.31. The van der Waals surface area contributed by atoms with Crippen LogP contribution in [0.5, 0.6) is 0 Å². The van der Waals surface area contributed by atoms with E-state index in [1.807, 2.05) is 29.2 Å². The highest BCUT2D eigenvalue weighted by atomic mass is 15.5. The maximum atomic E-state index is 8.33. The molecule has 0 unspecified atom stereocenters. The van der Waals surface area contributed by atoms with E-state index in [9.17, 15) is 0 Å². The second kappa shape index (κ2) is 4.76. The Morgan fingerprint density at radius 2 is 1.78 bits per heavy atom. The Kier molecular flexibility index (Phi) is 3.32. The molecule has 2 rings (SSSR count). The summed E-state index contributed by atoms with van der Waals surface area (Å²) in [5, 5.41) is 16.5. The molecule has 5 nitrogen and oxygen atoms in total. The molecule has 18 heavy (non-hydrogen) atoms. The van der Waals surface area contributed by atoms with Crippen LogP contribution in [0.3, 0.4) is 0 Å². The molecule has 1 N–H and O–H groups in total. The second-order valence-corrected chi connectivity index (χ2v) is 4.91. The molecule has 0 amide bonds. The average molecular weight is 245 g/mol. The van der Waals surface area contributed by atoms with Crippen molar-refractivity contribution in [2.24, 2.45) is 0 Å². The molecular formula is C13H19N5. The highest BCUT2D eigenvalue weighted by Gasteiger charge is 2.20. The van der Waals surface area contributed by atoms with Gasteiger partial charge in [0.2, 0.25) is 5.96 Å². The van der Waals surface area contributed by atoms with Crippen molar-refractivity contribution in [3.8, 4) is 0 Å². The molecule has 5 heteroatoms. The van der Waals surface area contributed by atoms with Crippen LogP contribution < -0.4 is 0 Å². The van der Waals surface area contributed by atoms with Gasteiger partial charge >= 0.3 is 0 Å². The van der Waals surface area contributed by atoms with Crippen molar-refractivity contribution in [3.05, 3.63) is 24.3 Å². The molecule has 0 saturated carbocycles. The first-order chi connectivity index (χ1) is 8.52. The number of hydrogen-bond donors (Lipinski definition) is 1. The quantitative estimate of drug-likeness (QED) is 0.652. The lowest BCUT2D eigenvalue weighted by molar-refractivity contribution is 0.279. The molecule has 0 aliphatic rings. The minimum absolute atomic E-state index is 0.250. The van der Waals surface area contributed by atoms with Crippen molar-refractivity contribution in [2.45, 2.75) is 39.8 Å². The summed E-state index contributed by atoms with van der Waals surface area (Å²) >= 11 is 0. The Bertz CT molecular complexity index is 547. The second-order valence-electron chi connectivity index (χ2n) is 4.91. The van der Waals surface area contributed by atoms with E-state index in [-0.39, 0.29) is 12.1 Å². The van der Waals surface area contributed by atoms with Crippen LogP contribution in [0.4, 0.5) is 0 Å². The zero-order valence-electron chi connectivity index (χ0n) is 11.3. The maximum absolute atomic E-state index is 8.33. The van der Waals surface area contributed by atoms with Gasteiger partial charge in [-0.15, -0.1) is 5.10 Å². The number of hydrogen-bond acceptors (Lipinski definition) is 3. The molecule has 1 aromatic carbocycles. The van der Waals surface area contributed by atoms with Gasteiger partial charge < -0.3 is 4.90 Å². The lowest BCUT2D eigenvalue weighted by Crippen LogP contribution is -2.45. The van der Waals surface area contributed by atoms with Gasteiger partial charge in [-0.1, -0.05) is 17.3 Å². The van der Waals surface area contributed by atoms with E-state index in [1.54, 1.807) is 4.68 Å². The minimum atomic E-state index is 0.250. The Labute approximate surface area is 107 Å².